The molecule has 6 heteroatoms. The topological polar surface area (TPSA) is 72.2 Å². The molecule has 0 bridgehead atoms. The molecule has 0 atom stereocenters. The molecule has 0 saturated carbocycles. The van der Waals surface area contributed by atoms with E-state index in [-0.39, 0.29) is 10.5 Å². The Labute approximate surface area is 97.4 Å². The Morgan fingerprint density at radius 1 is 1.33 bits per heavy atom. The highest BCUT2D eigenvalue weighted by Crippen LogP contribution is 2.19. The highest BCUT2D eigenvalue weighted by Gasteiger charge is 2.19. The summed E-state index contributed by atoms with van der Waals surface area (Å²) in [6, 6.07) is 0. The molecule has 0 saturated heterocycles. The van der Waals surface area contributed by atoms with Gasteiger partial charge in [-0.1, -0.05) is 0 Å². The van der Waals surface area contributed by atoms with Gasteiger partial charge in [0.1, 0.15) is 0 Å². The lowest BCUT2D eigenvalue weighted by atomic mass is 10.2. The zero-order chi connectivity index (χ0) is 11.9. The number of sulfonamides is 1. The van der Waals surface area contributed by atoms with E-state index in [1.807, 2.05) is 20.1 Å². The maximum atomic E-state index is 11.5. The zero-order valence-electron chi connectivity index (χ0n) is 9.75. The van der Waals surface area contributed by atoms with Crippen LogP contribution in [0.3, 0.4) is 0 Å². The number of rotatable bonds is 8. The van der Waals surface area contributed by atoms with Crippen LogP contribution in [0.4, 0.5) is 0 Å². The molecule has 0 amide bonds. The van der Waals surface area contributed by atoms with Crippen molar-refractivity contribution in [3.63, 3.8) is 0 Å². The second-order valence-corrected chi connectivity index (χ2v) is 7.54. The lowest BCUT2D eigenvalue weighted by molar-refractivity contribution is 0.567. The van der Waals surface area contributed by atoms with Crippen LogP contribution in [0.25, 0.3) is 0 Å². The monoisotopic (exact) mass is 254 g/mol. The SMILES string of the molecule is CSC(C)(C)CNS(=O)(=O)CCCCN. The van der Waals surface area contributed by atoms with E-state index in [9.17, 15) is 8.42 Å². The largest absolute Gasteiger partial charge is 0.330 e. The van der Waals surface area contributed by atoms with Crippen molar-refractivity contribution in [3.05, 3.63) is 0 Å². The lowest BCUT2D eigenvalue weighted by Crippen LogP contribution is -2.37. The summed E-state index contributed by atoms with van der Waals surface area (Å²) in [5.41, 5.74) is 5.30. The molecule has 0 spiro atoms. The number of nitrogens with two attached hydrogens (primary N) is 1. The summed E-state index contributed by atoms with van der Waals surface area (Å²) < 4.78 is 25.6. The Kier molecular flexibility index (Phi) is 6.83. The highest BCUT2D eigenvalue weighted by atomic mass is 32.2. The van der Waals surface area contributed by atoms with Crippen molar-refractivity contribution in [1.82, 2.24) is 4.72 Å². The van der Waals surface area contributed by atoms with Crippen molar-refractivity contribution in [2.75, 3.05) is 25.1 Å². The number of hydrogen-bond donors (Lipinski definition) is 2. The molecule has 3 N–H and O–H groups in total. The Morgan fingerprint density at radius 3 is 2.40 bits per heavy atom. The van der Waals surface area contributed by atoms with Gasteiger partial charge in [-0.05, 0) is 39.5 Å². The van der Waals surface area contributed by atoms with Gasteiger partial charge in [-0.15, -0.1) is 0 Å². The predicted molar refractivity (Wildman–Crippen MR) is 67.7 cm³/mol. The van der Waals surface area contributed by atoms with Crippen molar-refractivity contribution in [3.8, 4) is 0 Å². The molecular weight excluding hydrogens is 232 g/mol. The van der Waals surface area contributed by atoms with E-state index in [0.717, 1.165) is 6.42 Å². The minimum absolute atomic E-state index is 0.0546. The van der Waals surface area contributed by atoms with Crippen LogP contribution in [0.1, 0.15) is 26.7 Å². The quantitative estimate of drug-likeness (QED) is 0.628. The summed E-state index contributed by atoms with van der Waals surface area (Å²) in [6.45, 7) is 5.05. The lowest BCUT2D eigenvalue weighted by Gasteiger charge is -2.22. The summed E-state index contributed by atoms with van der Waals surface area (Å²) in [5, 5.41) is 0. The van der Waals surface area contributed by atoms with E-state index in [1.165, 1.54) is 0 Å². The third kappa shape index (κ3) is 8.07. The summed E-state index contributed by atoms with van der Waals surface area (Å²) in [5.74, 6) is 0.175. The first-order valence-corrected chi connectivity index (χ1v) is 7.93. The maximum absolute atomic E-state index is 11.5. The van der Waals surface area contributed by atoms with E-state index in [1.54, 1.807) is 11.8 Å². The molecule has 0 aromatic carbocycles. The molecule has 0 fully saturated rings. The summed E-state index contributed by atoms with van der Waals surface area (Å²) >= 11 is 1.65. The first-order chi connectivity index (χ1) is 6.83. The fourth-order valence-electron chi connectivity index (χ4n) is 0.865. The molecular formula is C9H22N2O2S2. The van der Waals surface area contributed by atoms with Crippen LogP contribution in [0, 0.1) is 0 Å². The van der Waals surface area contributed by atoms with Crippen molar-refractivity contribution in [2.45, 2.75) is 31.4 Å². The van der Waals surface area contributed by atoms with Crippen LogP contribution in [0.15, 0.2) is 0 Å². The van der Waals surface area contributed by atoms with Crippen LogP contribution in [0.2, 0.25) is 0 Å². The highest BCUT2D eigenvalue weighted by molar-refractivity contribution is 8.00. The number of hydrogen-bond acceptors (Lipinski definition) is 4. The second-order valence-electron chi connectivity index (χ2n) is 4.10. The minimum Gasteiger partial charge on any atom is -0.330 e. The van der Waals surface area contributed by atoms with Crippen molar-refractivity contribution >= 4 is 21.8 Å². The van der Waals surface area contributed by atoms with Crippen molar-refractivity contribution < 1.29 is 8.42 Å². The first-order valence-electron chi connectivity index (χ1n) is 5.05. The van der Waals surface area contributed by atoms with E-state index >= 15 is 0 Å². The van der Waals surface area contributed by atoms with Gasteiger partial charge in [0.15, 0.2) is 0 Å². The zero-order valence-corrected chi connectivity index (χ0v) is 11.4. The molecule has 4 nitrogen and oxygen atoms in total. The average Bonchev–Trinajstić information content (AvgIpc) is 2.16. The molecule has 0 aliphatic heterocycles. The van der Waals surface area contributed by atoms with Gasteiger partial charge in [-0.2, -0.15) is 11.8 Å². The molecule has 0 aliphatic carbocycles. The van der Waals surface area contributed by atoms with Gasteiger partial charge in [0.25, 0.3) is 0 Å². The molecule has 0 aromatic rings. The second kappa shape index (κ2) is 6.73. The summed E-state index contributed by atoms with van der Waals surface area (Å²) in [4.78, 5) is 0. The van der Waals surface area contributed by atoms with Crippen LogP contribution in [-0.4, -0.2) is 38.3 Å². The van der Waals surface area contributed by atoms with E-state index in [2.05, 4.69) is 4.72 Å². The van der Waals surface area contributed by atoms with Crippen LogP contribution >= 0.6 is 11.8 Å². The standard InChI is InChI=1S/C9H22N2O2S2/c1-9(2,14-3)8-11-15(12,13)7-5-4-6-10/h11H,4-8,10H2,1-3H3. The normalized spacial score (nSPS) is 13.1. The fraction of sp³-hybridized carbons (Fsp3) is 1.00. The third-order valence-electron chi connectivity index (χ3n) is 2.14. The van der Waals surface area contributed by atoms with Crippen LogP contribution in [-0.2, 0) is 10.0 Å². The van der Waals surface area contributed by atoms with Gasteiger partial charge in [-0.3, -0.25) is 0 Å². The molecule has 92 valence electrons. The predicted octanol–water partition coefficient (Wildman–Crippen LogP) is 0.786. The van der Waals surface area contributed by atoms with Gasteiger partial charge in [-0.25, -0.2) is 13.1 Å². The summed E-state index contributed by atoms with van der Waals surface area (Å²) in [7, 11) is -3.12. The third-order valence-corrected chi connectivity index (χ3v) is 4.80. The number of nitrogens with one attached hydrogen (secondary N) is 1. The summed E-state index contributed by atoms with van der Waals surface area (Å²) in [6.07, 6.45) is 3.36. The first kappa shape index (κ1) is 15.2. The van der Waals surface area contributed by atoms with Crippen molar-refractivity contribution in [2.24, 2.45) is 5.73 Å². The molecule has 0 aliphatic rings. The van der Waals surface area contributed by atoms with E-state index < -0.39 is 10.0 Å². The molecule has 15 heavy (non-hydrogen) atoms. The van der Waals surface area contributed by atoms with Gasteiger partial charge in [0.05, 0.1) is 5.75 Å². The molecule has 0 radical (unpaired) electrons. The molecule has 0 aromatic heterocycles. The molecule has 0 unspecified atom stereocenters. The molecule has 0 heterocycles. The van der Waals surface area contributed by atoms with Crippen molar-refractivity contribution in [1.29, 1.82) is 0 Å². The smallest absolute Gasteiger partial charge is 0.211 e. The van der Waals surface area contributed by atoms with E-state index in [4.69, 9.17) is 5.73 Å². The minimum atomic E-state index is -3.12. The Hall–Kier alpha value is 0.220. The van der Waals surface area contributed by atoms with Gasteiger partial charge in [0.2, 0.25) is 10.0 Å². The Bertz CT molecular complexity index is 263. The number of unbranched alkanes of at least 4 members (excludes halogenated alkanes) is 1. The average molecular weight is 254 g/mol. The fourth-order valence-corrected chi connectivity index (χ4v) is 2.48. The Morgan fingerprint density at radius 2 is 1.93 bits per heavy atom. The maximum Gasteiger partial charge on any atom is 0.211 e. The van der Waals surface area contributed by atoms with Gasteiger partial charge < -0.3 is 5.73 Å². The van der Waals surface area contributed by atoms with E-state index in [0.29, 0.717) is 19.5 Å². The van der Waals surface area contributed by atoms with Crippen LogP contribution < -0.4 is 10.5 Å². The van der Waals surface area contributed by atoms with Gasteiger partial charge >= 0.3 is 0 Å². The Balaban J connectivity index is 3.94. The van der Waals surface area contributed by atoms with Crippen LogP contribution in [0.5, 0.6) is 0 Å². The van der Waals surface area contributed by atoms with Gasteiger partial charge in [0, 0.05) is 11.3 Å². The molecule has 0 rings (SSSR count). The number of thioether (sulfide) groups is 1.